The Morgan fingerprint density at radius 3 is 2.55 bits per heavy atom. The molecule has 0 spiro atoms. The minimum absolute atomic E-state index is 0.0490. The number of nitrogens with one attached hydrogen (secondary N) is 3. The molecule has 2 heterocycles. The van der Waals surface area contributed by atoms with Crippen molar-refractivity contribution >= 4 is 17.6 Å². The van der Waals surface area contributed by atoms with Gasteiger partial charge < -0.3 is 20.4 Å². The molecule has 0 radical (unpaired) electrons. The Morgan fingerprint density at radius 2 is 1.87 bits per heavy atom. The summed E-state index contributed by atoms with van der Waals surface area (Å²) in [6, 6.07) is -2.55. The maximum absolute atomic E-state index is 14.1. The molecule has 9 atom stereocenters. The number of hydrogen-bond acceptors (Lipinski definition) is 7. The van der Waals surface area contributed by atoms with Crippen molar-refractivity contribution in [2.45, 2.75) is 62.6 Å². The largest absolute Gasteiger partial charge is 0.390 e. The summed E-state index contributed by atoms with van der Waals surface area (Å²) in [7, 11) is 0. The molecular formula is C19H29F3N4O5. The lowest BCUT2D eigenvalue weighted by molar-refractivity contribution is -0.154. The highest BCUT2D eigenvalue weighted by molar-refractivity contribution is 6.07. The molecule has 2 amide bonds. The molecule has 3 rings (SSSR count). The van der Waals surface area contributed by atoms with Crippen LogP contribution in [-0.2, 0) is 14.4 Å². The molecule has 9 nitrogen and oxygen atoms in total. The van der Waals surface area contributed by atoms with E-state index in [-0.39, 0.29) is 26.1 Å². The number of carbonyl (C=O) groups excluding carboxylic acids is 3. The number of piperidine rings is 1. The fraction of sp³-hybridized carbons (Fsp3) is 0.842. The molecule has 9 unspecified atom stereocenters. The van der Waals surface area contributed by atoms with Crippen molar-refractivity contribution in [3.63, 3.8) is 0 Å². The van der Waals surface area contributed by atoms with E-state index in [1.54, 1.807) is 6.92 Å². The Morgan fingerprint density at radius 1 is 1.19 bits per heavy atom. The normalized spacial score (nSPS) is 41.9. The number of amides is 2. The number of halogens is 3. The van der Waals surface area contributed by atoms with Gasteiger partial charge in [0, 0.05) is 25.6 Å². The Kier molecular flexibility index (Phi) is 7.55. The average molecular weight is 450 g/mol. The van der Waals surface area contributed by atoms with Crippen LogP contribution in [0.5, 0.6) is 0 Å². The summed E-state index contributed by atoms with van der Waals surface area (Å²) >= 11 is 0. The van der Waals surface area contributed by atoms with Gasteiger partial charge in [-0.05, 0) is 19.8 Å². The summed E-state index contributed by atoms with van der Waals surface area (Å²) in [5.74, 6) is -5.49. The van der Waals surface area contributed by atoms with Crippen LogP contribution >= 0.6 is 0 Å². The highest BCUT2D eigenvalue weighted by Gasteiger charge is 2.52. The van der Waals surface area contributed by atoms with Gasteiger partial charge in [-0.3, -0.25) is 25.0 Å². The van der Waals surface area contributed by atoms with E-state index in [0.29, 0.717) is 6.54 Å². The maximum Gasteiger partial charge on any atom is 0.243 e. The molecule has 3 aliphatic rings. The van der Waals surface area contributed by atoms with Crippen molar-refractivity contribution < 1.29 is 37.8 Å². The standard InChI is InChI=1S/C19H29F3N4O5/c1-2-26-7-23-6-11(27)14-12(16(28)17(29)15(25-14)19(26)31)18(30)24-5-8-9(20)3-4-10(21)13(8)22/h8-15,17,23,25,27,29H,2-7H2,1H3,(H,24,30). The van der Waals surface area contributed by atoms with E-state index < -0.39 is 78.8 Å². The lowest BCUT2D eigenvalue weighted by atomic mass is 9.80. The van der Waals surface area contributed by atoms with E-state index in [0.717, 1.165) is 0 Å². The second-order valence-electron chi connectivity index (χ2n) is 8.33. The molecule has 1 saturated carbocycles. The van der Waals surface area contributed by atoms with Gasteiger partial charge in [-0.25, -0.2) is 13.2 Å². The maximum atomic E-state index is 14.1. The highest BCUT2D eigenvalue weighted by Crippen LogP contribution is 2.32. The molecule has 12 heteroatoms. The van der Waals surface area contributed by atoms with Gasteiger partial charge in [-0.1, -0.05) is 0 Å². The average Bonchev–Trinajstić information content (AvgIpc) is 2.79. The van der Waals surface area contributed by atoms with E-state index in [1.807, 2.05) is 0 Å². The van der Waals surface area contributed by atoms with Gasteiger partial charge in [-0.2, -0.15) is 0 Å². The zero-order valence-corrected chi connectivity index (χ0v) is 17.1. The van der Waals surface area contributed by atoms with Crippen LogP contribution in [0.2, 0.25) is 0 Å². The number of hydrogen-bond donors (Lipinski definition) is 5. The Labute approximate surface area is 177 Å². The third-order valence-electron chi connectivity index (χ3n) is 6.41. The number of rotatable bonds is 4. The molecule has 5 N–H and O–H groups in total. The smallest absolute Gasteiger partial charge is 0.243 e. The fourth-order valence-corrected chi connectivity index (χ4v) is 4.50. The Bertz CT molecular complexity index is 701. The van der Waals surface area contributed by atoms with E-state index in [4.69, 9.17) is 0 Å². The quantitative estimate of drug-likeness (QED) is 0.319. The number of aliphatic hydroxyl groups excluding tert-OH is 2. The molecule has 0 aromatic heterocycles. The van der Waals surface area contributed by atoms with Crippen molar-refractivity contribution in [3.05, 3.63) is 0 Å². The molecule has 2 aliphatic heterocycles. The van der Waals surface area contributed by atoms with Crippen LogP contribution < -0.4 is 16.0 Å². The highest BCUT2D eigenvalue weighted by atomic mass is 19.2. The van der Waals surface area contributed by atoms with E-state index in [1.165, 1.54) is 4.90 Å². The number of fused-ring (bicyclic) bond motifs is 2. The van der Waals surface area contributed by atoms with Gasteiger partial charge in [0.25, 0.3) is 0 Å². The minimum atomic E-state index is -2.09. The summed E-state index contributed by atoms with van der Waals surface area (Å²) in [6.07, 6.45) is -9.08. The van der Waals surface area contributed by atoms with Gasteiger partial charge in [0.05, 0.1) is 18.8 Å². The topological polar surface area (TPSA) is 131 Å². The number of Topliss-reactive ketones (excluding diaryl/α,β-unsaturated/α-hetero) is 1. The van der Waals surface area contributed by atoms with Crippen molar-refractivity contribution in [2.24, 2.45) is 11.8 Å². The molecule has 2 saturated heterocycles. The second-order valence-corrected chi connectivity index (χ2v) is 8.33. The number of carbonyl (C=O) groups is 3. The minimum Gasteiger partial charge on any atom is -0.390 e. The van der Waals surface area contributed by atoms with Gasteiger partial charge in [0.1, 0.15) is 36.6 Å². The first-order valence-electron chi connectivity index (χ1n) is 10.5. The van der Waals surface area contributed by atoms with Crippen molar-refractivity contribution in [1.29, 1.82) is 0 Å². The molecule has 31 heavy (non-hydrogen) atoms. The SMILES string of the molecule is CCN1CNCC(O)C2NC(C1=O)C(O)C(=O)C2C(=O)NCC1C(F)CCC(F)C1F. The predicted molar refractivity (Wildman–Crippen MR) is 102 cm³/mol. The third-order valence-corrected chi connectivity index (χ3v) is 6.41. The monoisotopic (exact) mass is 450 g/mol. The molecule has 176 valence electrons. The van der Waals surface area contributed by atoms with Crippen LogP contribution in [0.25, 0.3) is 0 Å². The van der Waals surface area contributed by atoms with Crippen molar-refractivity contribution in [1.82, 2.24) is 20.9 Å². The summed E-state index contributed by atoms with van der Waals surface area (Å²) in [4.78, 5) is 39.6. The number of likely N-dealkylation sites (N-methyl/N-ethyl adjacent to an activating group) is 1. The van der Waals surface area contributed by atoms with Crippen molar-refractivity contribution in [2.75, 3.05) is 26.3 Å². The Hall–Kier alpha value is -1.76. The van der Waals surface area contributed by atoms with Crippen LogP contribution in [0.1, 0.15) is 19.8 Å². The molecule has 0 aromatic carbocycles. The first-order chi connectivity index (χ1) is 14.7. The number of ketones is 1. The summed E-state index contributed by atoms with van der Waals surface area (Å²) in [5.41, 5.74) is 0. The number of alkyl halides is 3. The molecule has 2 bridgehead atoms. The zero-order valence-electron chi connectivity index (χ0n) is 17.1. The van der Waals surface area contributed by atoms with Gasteiger partial charge in [-0.15, -0.1) is 0 Å². The van der Waals surface area contributed by atoms with Gasteiger partial charge in [0.2, 0.25) is 11.8 Å². The fourth-order valence-electron chi connectivity index (χ4n) is 4.50. The van der Waals surface area contributed by atoms with E-state index in [9.17, 15) is 37.8 Å². The summed E-state index contributed by atoms with van der Waals surface area (Å²) in [5, 5.41) is 28.8. The number of aliphatic hydroxyl groups is 2. The first kappa shape index (κ1) is 23.9. The zero-order chi connectivity index (χ0) is 22.9. The summed E-state index contributed by atoms with van der Waals surface area (Å²) < 4.78 is 41.7. The van der Waals surface area contributed by atoms with Crippen LogP contribution in [0.15, 0.2) is 0 Å². The second kappa shape index (κ2) is 9.80. The van der Waals surface area contributed by atoms with Crippen LogP contribution in [0, 0.1) is 11.8 Å². The van der Waals surface area contributed by atoms with Crippen LogP contribution in [0.3, 0.4) is 0 Å². The van der Waals surface area contributed by atoms with Crippen LogP contribution in [-0.4, -0.2) is 102 Å². The number of nitrogens with zero attached hydrogens (tertiary/aromatic N) is 1. The van der Waals surface area contributed by atoms with Crippen LogP contribution in [0.4, 0.5) is 13.2 Å². The van der Waals surface area contributed by atoms with Gasteiger partial charge >= 0.3 is 0 Å². The Balaban J connectivity index is 1.76. The van der Waals surface area contributed by atoms with Crippen molar-refractivity contribution in [3.8, 4) is 0 Å². The molecule has 3 fully saturated rings. The van der Waals surface area contributed by atoms with E-state index in [2.05, 4.69) is 16.0 Å². The first-order valence-corrected chi connectivity index (χ1v) is 10.5. The van der Waals surface area contributed by atoms with Gasteiger partial charge in [0.15, 0.2) is 5.78 Å². The molecule has 0 aromatic rings. The predicted octanol–water partition coefficient (Wildman–Crippen LogP) is -1.82. The molecule has 1 aliphatic carbocycles. The summed E-state index contributed by atoms with van der Waals surface area (Å²) in [6.45, 7) is 1.50. The van der Waals surface area contributed by atoms with E-state index >= 15 is 0 Å². The molecular weight excluding hydrogens is 421 g/mol. The lowest BCUT2D eigenvalue weighted by Crippen LogP contribution is -2.70. The number of β-amino-alcohol motifs (C(OH)–C–C–N with tert-alkyl or cyclic N) is 1. The third kappa shape index (κ3) is 4.71. The lowest BCUT2D eigenvalue weighted by Gasteiger charge is -2.40.